The van der Waals surface area contributed by atoms with Crippen molar-refractivity contribution in [2.45, 2.75) is 12.5 Å². The Bertz CT molecular complexity index is 330. The Morgan fingerprint density at radius 2 is 2.64 bits per heavy atom. The monoisotopic (exact) mass is 210 g/mol. The molecule has 0 spiro atoms. The van der Waals surface area contributed by atoms with Gasteiger partial charge >= 0.3 is 0 Å². The van der Waals surface area contributed by atoms with Crippen LogP contribution in [0.4, 0.5) is 0 Å². The Balaban J connectivity index is 2.39. The minimum atomic E-state index is -0.630. The maximum Gasteiger partial charge on any atom is 0.238 e. The average Bonchev–Trinajstić information content (AvgIpc) is 2.66. The molecule has 3 N–H and O–H groups in total. The second-order valence-corrected chi connectivity index (χ2v) is 3.59. The van der Waals surface area contributed by atoms with Crippen LogP contribution in [0.2, 0.25) is 0 Å². The predicted octanol–water partition coefficient (Wildman–Crippen LogP) is -0.347. The van der Waals surface area contributed by atoms with E-state index in [1.165, 1.54) is 11.3 Å². The van der Waals surface area contributed by atoms with Gasteiger partial charge in [0, 0.05) is 18.0 Å². The van der Waals surface area contributed by atoms with Crippen molar-refractivity contribution in [2.24, 2.45) is 5.73 Å². The zero-order valence-corrected chi connectivity index (χ0v) is 8.25. The van der Waals surface area contributed by atoms with E-state index in [1.807, 2.05) is 11.4 Å². The summed E-state index contributed by atoms with van der Waals surface area (Å²) in [6.45, 7) is -0.00952. The molecule has 0 saturated carbocycles. The molecule has 5 nitrogen and oxygen atoms in total. The van der Waals surface area contributed by atoms with E-state index in [4.69, 9.17) is 11.0 Å². The van der Waals surface area contributed by atoms with Crippen LogP contribution in [0.1, 0.15) is 5.01 Å². The highest BCUT2D eigenvalue weighted by Crippen LogP contribution is 2.05. The second kappa shape index (κ2) is 5.32. The highest BCUT2D eigenvalue weighted by Gasteiger charge is 2.14. The van der Waals surface area contributed by atoms with Gasteiger partial charge in [0.1, 0.15) is 6.54 Å². The normalized spacial score (nSPS) is 11.7. The summed E-state index contributed by atoms with van der Waals surface area (Å²) in [6, 6.07) is 1.18. The molecule has 74 valence electrons. The molecule has 0 aliphatic carbocycles. The number of nitrogens with two attached hydrogens (primary N) is 1. The van der Waals surface area contributed by atoms with Crippen molar-refractivity contribution in [1.82, 2.24) is 10.3 Å². The molecular formula is C8H10N4OS. The van der Waals surface area contributed by atoms with Gasteiger partial charge < -0.3 is 11.1 Å². The lowest BCUT2D eigenvalue weighted by Crippen LogP contribution is -2.42. The number of amides is 1. The third kappa shape index (κ3) is 3.12. The van der Waals surface area contributed by atoms with Crippen molar-refractivity contribution in [3.05, 3.63) is 16.6 Å². The maximum atomic E-state index is 11.2. The van der Waals surface area contributed by atoms with Crippen LogP contribution in [0.5, 0.6) is 0 Å². The van der Waals surface area contributed by atoms with Crippen molar-refractivity contribution in [3.63, 3.8) is 0 Å². The van der Waals surface area contributed by atoms with E-state index in [1.54, 1.807) is 6.20 Å². The molecule has 1 aromatic heterocycles. The number of rotatable bonds is 4. The molecule has 0 fully saturated rings. The first-order chi connectivity index (χ1) is 6.74. The van der Waals surface area contributed by atoms with Crippen LogP contribution in [-0.4, -0.2) is 23.5 Å². The Kier molecular flexibility index (Phi) is 4.04. The van der Waals surface area contributed by atoms with Crippen LogP contribution in [0.15, 0.2) is 11.6 Å². The van der Waals surface area contributed by atoms with Gasteiger partial charge in [-0.05, 0) is 0 Å². The SMILES string of the molecule is N#CCNC(=O)C(N)Cc1nccs1. The van der Waals surface area contributed by atoms with Crippen molar-refractivity contribution < 1.29 is 4.79 Å². The highest BCUT2D eigenvalue weighted by molar-refractivity contribution is 7.09. The van der Waals surface area contributed by atoms with Gasteiger partial charge in [-0.3, -0.25) is 4.79 Å². The predicted molar refractivity (Wildman–Crippen MR) is 52.4 cm³/mol. The van der Waals surface area contributed by atoms with Gasteiger partial charge in [0.05, 0.1) is 17.1 Å². The largest absolute Gasteiger partial charge is 0.342 e. The minimum Gasteiger partial charge on any atom is -0.342 e. The Morgan fingerprint density at radius 1 is 1.86 bits per heavy atom. The van der Waals surface area contributed by atoms with Crippen LogP contribution in [0.25, 0.3) is 0 Å². The summed E-state index contributed by atoms with van der Waals surface area (Å²) >= 11 is 1.46. The highest BCUT2D eigenvalue weighted by atomic mass is 32.1. The fraction of sp³-hybridized carbons (Fsp3) is 0.375. The fourth-order valence-electron chi connectivity index (χ4n) is 0.892. The van der Waals surface area contributed by atoms with Gasteiger partial charge in [0.2, 0.25) is 5.91 Å². The quantitative estimate of drug-likeness (QED) is 0.664. The zero-order valence-electron chi connectivity index (χ0n) is 7.43. The Labute approximate surface area is 85.6 Å². The molecule has 6 heteroatoms. The lowest BCUT2D eigenvalue weighted by molar-refractivity contribution is -0.122. The van der Waals surface area contributed by atoms with E-state index in [2.05, 4.69) is 10.3 Å². The summed E-state index contributed by atoms with van der Waals surface area (Å²) in [4.78, 5) is 15.2. The zero-order chi connectivity index (χ0) is 10.4. The van der Waals surface area contributed by atoms with Crippen LogP contribution in [-0.2, 0) is 11.2 Å². The summed E-state index contributed by atoms with van der Waals surface area (Å²) < 4.78 is 0. The van der Waals surface area contributed by atoms with Gasteiger partial charge in [0.25, 0.3) is 0 Å². The van der Waals surface area contributed by atoms with E-state index >= 15 is 0 Å². The van der Waals surface area contributed by atoms with Crippen molar-refractivity contribution >= 4 is 17.2 Å². The third-order valence-electron chi connectivity index (χ3n) is 1.56. The van der Waals surface area contributed by atoms with Crippen molar-refractivity contribution in [2.75, 3.05) is 6.54 Å². The molecule has 0 aliphatic heterocycles. The van der Waals surface area contributed by atoms with E-state index in [0.29, 0.717) is 6.42 Å². The molecule has 1 rings (SSSR count). The van der Waals surface area contributed by atoms with E-state index in [9.17, 15) is 4.79 Å². The van der Waals surface area contributed by atoms with Crippen molar-refractivity contribution in [3.8, 4) is 6.07 Å². The molecule has 0 aliphatic rings. The molecule has 14 heavy (non-hydrogen) atoms. The molecule has 1 atom stereocenters. The molecule has 0 saturated heterocycles. The van der Waals surface area contributed by atoms with Crippen LogP contribution in [0.3, 0.4) is 0 Å². The number of nitrogens with one attached hydrogen (secondary N) is 1. The number of aromatic nitrogens is 1. The molecule has 1 aromatic rings. The Hall–Kier alpha value is -1.45. The fourth-order valence-corrected chi connectivity index (χ4v) is 1.57. The summed E-state index contributed by atoms with van der Waals surface area (Å²) in [5.74, 6) is -0.318. The number of nitriles is 1. The first-order valence-electron chi connectivity index (χ1n) is 4.02. The number of carbonyl (C=O) groups is 1. The molecular weight excluding hydrogens is 200 g/mol. The number of hydrogen-bond acceptors (Lipinski definition) is 5. The standard InChI is InChI=1S/C8H10N4OS/c9-1-2-12-8(13)6(10)5-7-11-3-4-14-7/h3-4,6H,2,5,10H2,(H,12,13). The van der Waals surface area contributed by atoms with E-state index in [-0.39, 0.29) is 12.5 Å². The van der Waals surface area contributed by atoms with Crippen LogP contribution < -0.4 is 11.1 Å². The number of thiazole rings is 1. The average molecular weight is 210 g/mol. The van der Waals surface area contributed by atoms with E-state index in [0.717, 1.165) is 5.01 Å². The van der Waals surface area contributed by atoms with Gasteiger partial charge in [-0.1, -0.05) is 0 Å². The lowest BCUT2D eigenvalue weighted by Gasteiger charge is -2.07. The molecule has 1 amide bonds. The first kappa shape index (κ1) is 10.6. The van der Waals surface area contributed by atoms with Gasteiger partial charge in [-0.15, -0.1) is 11.3 Å². The van der Waals surface area contributed by atoms with Gasteiger partial charge in [-0.2, -0.15) is 5.26 Å². The Morgan fingerprint density at radius 3 is 3.21 bits per heavy atom. The molecule has 1 unspecified atom stereocenters. The number of hydrogen-bond donors (Lipinski definition) is 2. The minimum absolute atomic E-state index is 0.00952. The smallest absolute Gasteiger partial charge is 0.238 e. The first-order valence-corrected chi connectivity index (χ1v) is 4.90. The van der Waals surface area contributed by atoms with Crippen LogP contribution >= 0.6 is 11.3 Å². The summed E-state index contributed by atoms with van der Waals surface area (Å²) in [5, 5.41) is 13.3. The topological polar surface area (TPSA) is 91.8 Å². The molecule has 1 heterocycles. The van der Waals surface area contributed by atoms with Gasteiger partial charge in [-0.25, -0.2) is 4.98 Å². The summed E-state index contributed by atoms with van der Waals surface area (Å²) in [5.41, 5.74) is 5.59. The van der Waals surface area contributed by atoms with E-state index < -0.39 is 6.04 Å². The molecule has 0 bridgehead atoms. The molecule has 0 radical (unpaired) electrons. The lowest BCUT2D eigenvalue weighted by atomic mass is 10.2. The van der Waals surface area contributed by atoms with Crippen molar-refractivity contribution in [1.29, 1.82) is 5.26 Å². The summed E-state index contributed by atoms with van der Waals surface area (Å²) in [6.07, 6.45) is 2.08. The summed E-state index contributed by atoms with van der Waals surface area (Å²) in [7, 11) is 0. The second-order valence-electron chi connectivity index (χ2n) is 2.61. The van der Waals surface area contributed by atoms with Gasteiger partial charge in [0.15, 0.2) is 0 Å². The molecule has 0 aromatic carbocycles. The number of carbonyl (C=O) groups excluding carboxylic acids is 1. The number of nitrogens with zero attached hydrogens (tertiary/aromatic N) is 2. The third-order valence-corrected chi connectivity index (χ3v) is 2.36. The van der Waals surface area contributed by atoms with Crippen LogP contribution in [0, 0.1) is 11.3 Å². The maximum absolute atomic E-state index is 11.2.